The highest BCUT2D eigenvalue weighted by Gasteiger charge is 2.42. The highest BCUT2D eigenvalue weighted by atomic mass is 31.2. The molecule has 0 rings (SSSR count). The minimum absolute atomic E-state index is 0.0210. The number of aliphatic hydroxyl groups is 2. The molecular formula is C9H22NO5P. The van der Waals surface area contributed by atoms with Gasteiger partial charge in [0.05, 0.1) is 0 Å². The molecule has 0 unspecified atom stereocenters. The van der Waals surface area contributed by atoms with E-state index in [1.807, 2.05) is 0 Å². The van der Waals surface area contributed by atoms with E-state index < -0.39 is 12.9 Å². The van der Waals surface area contributed by atoms with E-state index in [1.165, 1.54) is 13.8 Å². The summed E-state index contributed by atoms with van der Waals surface area (Å²) in [7, 11) is -4.24. The van der Waals surface area contributed by atoms with E-state index in [2.05, 4.69) is 0 Å². The van der Waals surface area contributed by atoms with Gasteiger partial charge < -0.3 is 20.0 Å². The van der Waals surface area contributed by atoms with Crippen LogP contribution in [0.2, 0.25) is 0 Å². The predicted octanol–water partition coefficient (Wildman–Crippen LogP) is -0.0330. The Hall–Kier alpha value is 0.0300. The molecule has 7 heteroatoms. The maximum Gasteiger partial charge on any atom is 0.345 e. The Kier molecular flexibility index (Phi) is 6.70. The Balaban J connectivity index is 4.65. The molecule has 0 saturated carbocycles. The van der Waals surface area contributed by atoms with Crippen LogP contribution in [-0.4, -0.2) is 56.5 Å². The van der Waals surface area contributed by atoms with Gasteiger partial charge >= 0.3 is 7.60 Å². The number of nitrogens with zero attached hydrogens (tertiary/aromatic N) is 1. The molecule has 6 nitrogen and oxygen atoms in total. The molecule has 0 radical (unpaired) electrons. The Bertz CT molecular complexity index is 232. The number of aliphatic hydroxyl groups excluding tert-OH is 2. The first-order valence-electron chi connectivity index (χ1n) is 5.29. The van der Waals surface area contributed by atoms with E-state index in [-0.39, 0.29) is 13.2 Å². The zero-order valence-corrected chi connectivity index (χ0v) is 10.7. The van der Waals surface area contributed by atoms with Crippen LogP contribution in [0.25, 0.3) is 0 Å². The van der Waals surface area contributed by atoms with Crippen LogP contribution in [0.5, 0.6) is 0 Å². The first-order chi connectivity index (χ1) is 7.27. The van der Waals surface area contributed by atoms with Gasteiger partial charge in [-0.3, -0.25) is 9.46 Å². The summed E-state index contributed by atoms with van der Waals surface area (Å²) in [5, 5.41) is 16.2. The standard InChI is InChI=1S/C9H22NO5P/c1-9(2,16(13,14)15)10(5-3-7-11)6-4-8-12/h11-12H,3-8H2,1-2H3,(H2,13,14,15). The number of rotatable bonds is 8. The quantitative estimate of drug-likeness (QED) is 0.454. The van der Waals surface area contributed by atoms with Crippen molar-refractivity contribution in [2.75, 3.05) is 26.3 Å². The molecule has 0 aromatic heterocycles. The van der Waals surface area contributed by atoms with Crippen LogP contribution in [0.4, 0.5) is 0 Å². The van der Waals surface area contributed by atoms with Gasteiger partial charge in [-0.25, -0.2) is 0 Å². The predicted molar refractivity (Wildman–Crippen MR) is 61.1 cm³/mol. The zero-order chi connectivity index (χ0) is 12.8. The average Bonchev–Trinajstić information content (AvgIpc) is 2.16. The summed E-state index contributed by atoms with van der Waals surface area (Å²) < 4.78 is 11.3. The summed E-state index contributed by atoms with van der Waals surface area (Å²) in [6, 6.07) is 0. The van der Waals surface area contributed by atoms with E-state index in [0.717, 1.165) is 0 Å². The molecule has 0 fully saturated rings. The smallest absolute Gasteiger partial charge is 0.345 e. The first kappa shape index (κ1) is 16.0. The molecule has 0 bridgehead atoms. The van der Waals surface area contributed by atoms with Crippen LogP contribution in [0, 0.1) is 0 Å². The number of hydrogen-bond donors (Lipinski definition) is 4. The van der Waals surface area contributed by atoms with Crippen molar-refractivity contribution in [3.05, 3.63) is 0 Å². The molecule has 0 aliphatic carbocycles. The van der Waals surface area contributed by atoms with Crippen LogP contribution in [0.1, 0.15) is 26.7 Å². The summed E-state index contributed by atoms with van der Waals surface area (Å²) in [5.41, 5.74) is 0. The summed E-state index contributed by atoms with van der Waals surface area (Å²) in [4.78, 5) is 20.1. The van der Waals surface area contributed by atoms with E-state index in [4.69, 9.17) is 10.2 Å². The summed E-state index contributed by atoms with van der Waals surface area (Å²) in [6.45, 7) is 3.70. The summed E-state index contributed by atoms with van der Waals surface area (Å²) in [5.74, 6) is 0. The van der Waals surface area contributed by atoms with E-state index in [0.29, 0.717) is 25.9 Å². The average molecular weight is 255 g/mol. The van der Waals surface area contributed by atoms with Gasteiger partial charge in [-0.05, 0) is 26.7 Å². The van der Waals surface area contributed by atoms with Crippen molar-refractivity contribution in [1.29, 1.82) is 0 Å². The Morgan fingerprint density at radius 2 is 1.44 bits per heavy atom. The summed E-state index contributed by atoms with van der Waals surface area (Å²) >= 11 is 0. The third-order valence-electron chi connectivity index (χ3n) is 2.66. The largest absolute Gasteiger partial charge is 0.396 e. The molecule has 0 heterocycles. The Morgan fingerprint density at radius 1 is 1.06 bits per heavy atom. The van der Waals surface area contributed by atoms with Crippen molar-refractivity contribution < 1.29 is 24.6 Å². The highest BCUT2D eigenvalue weighted by molar-refractivity contribution is 7.53. The maximum absolute atomic E-state index is 11.3. The van der Waals surface area contributed by atoms with Crippen molar-refractivity contribution in [3.63, 3.8) is 0 Å². The van der Waals surface area contributed by atoms with Gasteiger partial charge in [0.25, 0.3) is 0 Å². The van der Waals surface area contributed by atoms with Gasteiger partial charge in [0.2, 0.25) is 0 Å². The van der Waals surface area contributed by atoms with Gasteiger partial charge in [-0.15, -0.1) is 0 Å². The lowest BCUT2D eigenvalue weighted by atomic mass is 10.2. The van der Waals surface area contributed by atoms with E-state index in [1.54, 1.807) is 4.90 Å². The topological polar surface area (TPSA) is 101 Å². The van der Waals surface area contributed by atoms with Crippen LogP contribution in [0.3, 0.4) is 0 Å². The lowest BCUT2D eigenvalue weighted by Gasteiger charge is -2.38. The van der Waals surface area contributed by atoms with Gasteiger partial charge in [-0.1, -0.05) is 0 Å². The molecule has 0 spiro atoms. The van der Waals surface area contributed by atoms with E-state index >= 15 is 0 Å². The van der Waals surface area contributed by atoms with Crippen LogP contribution in [-0.2, 0) is 4.57 Å². The van der Waals surface area contributed by atoms with Crippen molar-refractivity contribution >= 4 is 7.60 Å². The fourth-order valence-electron chi connectivity index (χ4n) is 1.37. The maximum atomic E-state index is 11.3. The highest BCUT2D eigenvalue weighted by Crippen LogP contribution is 2.51. The lowest BCUT2D eigenvalue weighted by molar-refractivity contribution is 0.128. The Labute approximate surface area is 96.1 Å². The van der Waals surface area contributed by atoms with Crippen molar-refractivity contribution in [2.24, 2.45) is 0 Å². The van der Waals surface area contributed by atoms with Gasteiger partial charge in [0.1, 0.15) is 5.28 Å². The van der Waals surface area contributed by atoms with Crippen molar-refractivity contribution in [1.82, 2.24) is 4.90 Å². The number of hydrogen-bond acceptors (Lipinski definition) is 4. The second-order valence-electron chi connectivity index (χ2n) is 4.18. The fraction of sp³-hybridized carbons (Fsp3) is 1.00. The molecule has 4 N–H and O–H groups in total. The van der Waals surface area contributed by atoms with E-state index in [9.17, 15) is 14.4 Å². The van der Waals surface area contributed by atoms with Crippen LogP contribution >= 0.6 is 7.60 Å². The molecule has 0 aliphatic rings. The lowest BCUT2D eigenvalue weighted by Crippen LogP contribution is -2.45. The van der Waals surface area contributed by atoms with Crippen LogP contribution < -0.4 is 0 Å². The fourth-order valence-corrected chi connectivity index (χ4v) is 1.93. The summed E-state index contributed by atoms with van der Waals surface area (Å²) in [6.07, 6.45) is 0.906. The molecule has 16 heavy (non-hydrogen) atoms. The molecule has 0 aromatic carbocycles. The first-order valence-corrected chi connectivity index (χ1v) is 6.91. The SMILES string of the molecule is CC(C)(N(CCCO)CCCO)P(=O)(O)O. The minimum atomic E-state index is -4.24. The molecule has 0 saturated heterocycles. The molecule has 0 aromatic rings. The van der Waals surface area contributed by atoms with Gasteiger partial charge in [-0.2, -0.15) is 0 Å². The Morgan fingerprint density at radius 3 is 1.69 bits per heavy atom. The second-order valence-corrected chi connectivity index (χ2v) is 6.36. The molecule has 0 atom stereocenters. The third-order valence-corrected chi connectivity index (χ3v) is 4.37. The van der Waals surface area contributed by atoms with Crippen LogP contribution in [0.15, 0.2) is 0 Å². The third kappa shape index (κ3) is 4.49. The molecule has 0 aliphatic heterocycles. The molecular weight excluding hydrogens is 233 g/mol. The second kappa shape index (κ2) is 6.69. The molecule has 98 valence electrons. The molecule has 0 amide bonds. The zero-order valence-electron chi connectivity index (χ0n) is 9.83. The monoisotopic (exact) mass is 255 g/mol. The van der Waals surface area contributed by atoms with Gasteiger partial charge in [0, 0.05) is 26.3 Å². The normalized spacial score (nSPS) is 13.4. The van der Waals surface area contributed by atoms with Crippen molar-refractivity contribution in [3.8, 4) is 0 Å². The van der Waals surface area contributed by atoms with Gasteiger partial charge in [0.15, 0.2) is 0 Å². The van der Waals surface area contributed by atoms with Crippen molar-refractivity contribution in [2.45, 2.75) is 32.0 Å². The minimum Gasteiger partial charge on any atom is -0.396 e.